The molecule has 102 valence electrons. The molecule has 1 aliphatic rings. The van der Waals surface area contributed by atoms with Gasteiger partial charge in [-0.1, -0.05) is 27.2 Å². The summed E-state index contributed by atoms with van der Waals surface area (Å²) < 4.78 is 1.93. The summed E-state index contributed by atoms with van der Waals surface area (Å²) >= 11 is 0. The summed E-state index contributed by atoms with van der Waals surface area (Å²) in [5.74, 6) is 2.26. The summed E-state index contributed by atoms with van der Waals surface area (Å²) in [5, 5.41) is 8.17. The predicted octanol–water partition coefficient (Wildman–Crippen LogP) is 3.45. The highest BCUT2D eigenvalue weighted by atomic mass is 15.2. The van der Waals surface area contributed by atoms with Crippen molar-refractivity contribution in [2.75, 3.05) is 5.32 Å². The molecule has 2 atom stereocenters. The Hall–Kier alpha value is -1.58. The molecule has 4 heteroatoms. The van der Waals surface area contributed by atoms with Gasteiger partial charge in [0.15, 0.2) is 5.82 Å². The topological polar surface area (TPSA) is 42.2 Å². The Kier molecular flexibility index (Phi) is 3.17. The molecule has 3 rings (SSSR count). The summed E-state index contributed by atoms with van der Waals surface area (Å²) in [6.07, 6.45) is 7.61. The SMILES string of the molecule is CCCC1CC1Nc1nccn2nc(C(C)C)cc12. The maximum Gasteiger partial charge on any atom is 0.152 e. The van der Waals surface area contributed by atoms with Crippen molar-refractivity contribution in [3.63, 3.8) is 0 Å². The van der Waals surface area contributed by atoms with Crippen LogP contribution in [0.4, 0.5) is 5.82 Å². The van der Waals surface area contributed by atoms with Gasteiger partial charge in [-0.3, -0.25) is 0 Å². The van der Waals surface area contributed by atoms with Crippen LogP contribution in [0.2, 0.25) is 0 Å². The van der Waals surface area contributed by atoms with Gasteiger partial charge in [0.1, 0.15) is 5.52 Å². The highest BCUT2D eigenvalue weighted by molar-refractivity contribution is 5.68. The van der Waals surface area contributed by atoms with Crippen LogP contribution in [0.25, 0.3) is 5.52 Å². The highest BCUT2D eigenvalue weighted by Gasteiger charge is 2.36. The minimum Gasteiger partial charge on any atom is -0.365 e. The molecule has 0 aliphatic heterocycles. The Morgan fingerprint density at radius 3 is 3.05 bits per heavy atom. The molecular weight excluding hydrogens is 236 g/mol. The average Bonchev–Trinajstić information content (AvgIpc) is 2.94. The third-order valence-electron chi connectivity index (χ3n) is 3.90. The maximum atomic E-state index is 4.59. The van der Waals surface area contributed by atoms with Crippen molar-refractivity contribution >= 4 is 11.3 Å². The lowest BCUT2D eigenvalue weighted by Gasteiger charge is -2.05. The molecule has 0 radical (unpaired) electrons. The number of anilines is 1. The Morgan fingerprint density at radius 1 is 1.47 bits per heavy atom. The Bertz CT molecular complexity index is 573. The van der Waals surface area contributed by atoms with Crippen molar-refractivity contribution in [2.45, 2.75) is 52.0 Å². The minimum absolute atomic E-state index is 0.446. The number of hydrogen-bond donors (Lipinski definition) is 1. The van der Waals surface area contributed by atoms with E-state index in [0.29, 0.717) is 12.0 Å². The molecule has 1 saturated carbocycles. The third kappa shape index (κ3) is 2.44. The molecule has 0 amide bonds. The molecule has 0 aromatic carbocycles. The second kappa shape index (κ2) is 4.83. The van der Waals surface area contributed by atoms with Crippen LogP contribution in [-0.4, -0.2) is 20.6 Å². The predicted molar refractivity (Wildman–Crippen MR) is 77.5 cm³/mol. The van der Waals surface area contributed by atoms with E-state index in [-0.39, 0.29) is 0 Å². The zero-order valence-corrected chi connectivity index (χ0v) is 11.9. The zero-order chi connectivity index (χ0) is 13.4. The van der Waals surface area contributed by atoms with Gasteiger partial charge in [-0.2, -0.15) is 5.10 Å². The monoisotopic (exact) mass is 258 g/mol. The Morgan fingerprint density at radius 2 is 2.32 bits per heavy atom. The summed E-state index contributed by atoms with van der Waals surface area (Å²) in [6, 6.07) is 2.76. The van der Waals surface area contributed by atoms with Gasteiger partial charge in [0.2, 0.25) is 0 Å². The molecule has 0 saturated heterocycles. The summed E-state index contributed by atoms with van der Waals surface area (Å²) in [7, 11) is 0. The number of fused-ring (bicyclic) bond motifs is 1. The van der Waals surface area contributed by atoms with E-state index in [1.165, 1.54) is 19.3 Å². The van der Waals surface area contributed by atoms with Gasteiger partial charge in [-0.05, 0) is 30.7 Å². The standard InChI is InChI=1S/C15H22N4/c1-4-5-11-8-13(11)17-15-14-9-12(10(2)3)18-19(14)7-6-16-15/h6-7,9-11,13H,4-5,8H2,1-3H3,(H,16,17). The number of aromatic nitrogens is 3. The normalized spacial score (nSPS) is 22.1. The van der Waals surface area contributed by atoms with Crippen molar-refractivity contribution < 1.29 is 0 Å². The van der Waals surface area contributed by atoms with Gasteiger partial charge in [0.05, 0.1) is 5.69 Å². The van der Waals surface area contributed by atoms with Crippen LogP contribution in [-0.2, 0) is 0 Å². The first-order chi connectivity index (χ1) is 9.19. The molecule has 0 bridgehead atoms. The van der Waals surface area contributed by atoms with Crippen LogP contribution in [0.3, 0.4) is 0 Å². The van der Waals surface area contributed by atoms with Gasteiger partial charge < -0.3 is 5.32 Å². The summed E-state index contributed by atoms with van der Waals surface area (Å²) in [5.41, 5.74) is 2.21. The molecule has 0 spiro atoms. The summed E-state index contributed by atoms with van der Waals surface area (Å²) in [6.45, 7) is 6.58. The molecule has 4 nitrogen and oxygen atoms in total. The number of nitrogens with one attached hydrogen (secondary N) is 1. The van der Waals surface area contributed by atoms with Crippen molar-refractivity contribution in [2.24, 2.45) is 5.92 Å². The van der Waals surface area contributed by atoms with E-state index in [4.69, 9.17) is 0 Å². The zero-order valence-electron chi connectivity index (χ0n) is 11.9. The van der Waals surface area contributed by atoms with Crippen molar-refractivity contribution in [3.8, 4) is 0 Å². The van der Waals surface area contributed by atoms with Crippen LogP contribution in [0, 0.1) is 5.92 Å². The van der Waals surface area contributed by atoms with Crippen molar-refractivity contribution in [1.82, 2.24) is 14.6 Å². The smallest absolute Gasteiger partial charge is 0.152 e. The highest BCUT2D eigenvalue weighted by Crippen LogP contribution is 2.37. The molecule has 2 heterocycles. The second-order valence-corrected chi connectivity index (χ2v) is 5.86. The van der Waals surface area contributed by atoms with E-state index < -0.39 is 0 Å². The molecular formula is C15H22N4. The van der Waals surface area contributed by atoms with Crippen molar-refractivity contribution in [1.29, 1.82) is 0 Å². The van der Waals surface area contributed by atoms with E-state index in [0.717, 1.165) is 22.9 Å². The molecule has 19 heavy (non-hydrogen) atoms. The van der Waals surface area contributed by atoms with Crippen LogP contribution >= 0.6 is 0 Å². The minimum atomic E-state index is 0.446. The summed E-state index contributed by atoms with van der Waals surface area (Å²) in [4.78, 5) is 4.48. The van der Waals surface area contributed by atoms with Crippen LogP contribution < -0.4 is 5.32 Å². The quantitative estimate of drug-likeness (QED) is 0.893. The first-order valence-corrected chi connectivity index (χ1v) is 7.30. The van der Waals surface area contributed by atoms with Gasteiger partial charge in [-0.15, -0.1) is 0 Å². The Labute approximate surface area is 114 Å². The first-order valence-electron chi connectivity index (χ1n) is 7.30. The Balaban J connectivity index is 1.83. The van der Waals surface area contributed by atoms with Crippen LogP contribution in [0.15, 0.2) is 18.5 Å². The van der Waals surface area contributed by atoms with E-state index >= 15 is 0 Å². The molecule has 1 fully saturated rings. The van der Waals surface area contributed by atoms with E-state index in [1.807, 2.05) is 16.9 Å². The lowest BCUT2D eigenvalue weighted by Crippen LogP contribution is -2.07. The fourth-order valence-electron chi connectivity index (χ4n) is 2.62. The van der Waals surface area contributed by atoms with Crippen LogP contribution in [0.5, 0.6) is 0 Å². The maximum absolute atomic E-state index is 4.59. The number of hydrogen-bond acceptors (Lipinski definition) is 3. The van der Waals surface area contributed by atoms with Gasteiger partial charge in [0.25, 0.3) is 0 Å². The van der Waals surface area contributed by atoms with E-state index in [2.05, 4.69) is 42.2 Å². The van der Waals surface area contributed by atoms with E-state index in [1.54, 1.807) is 0 Å². The fraction of sp³-hybridized carbons (Fsp3) is 0.600. The molecule has 2 unspecified atom stereocenters. The molecule has 1 N–H and O–H groups in total. The fourth-order valence-corrected chi connectivity index (χ4v) is 2.62. The number of rotatable bonds is 5. The van der Waals surface area contributed by atoms with Gasteiger partial charge >= 0.3 is 0 Å². The van der Waals surface area contributed by atoms with Crippen LogP contribution in [0.1, 0.15) is 51.6 Å². The van der Waals surface area contributed by atoms with Gasteiger partial charge in [0, 0.05) is 18.4 Å². The first kappa shape index (κ1) is 12.5. The number of nitrogens with zero attached hydrogens (tertiary/aromatic N) is 3. The van der Waals surface area contributed by atoms with Gasteiger partial charge in [-0.25, -0.2) is 9.50 Å². The second-order valence-electron chi connectivity index (χ2n) is 5.86. The third-order valence-corrected chi connectivity index (χ3v) is 3.90. The van der Waals surface area contributed by atoms with Crippen molar-refractivity contribution in [3.05, 3.63) is 24.2 Å². The molecule has 2 aromatic rings. The molecule has 2 aromatic heterocycles. The largest absolute Gasteiger partial charge is 0.365 e. The average molecular weight is 258 g/mol. The lowest BCUT2D eigenvalue weighted by atomic mass is 10.1. The molecule has 1 aliphatic carbocycles. The lowest BCUT2D eigenvalue weighted by molar-refractivity contribution is 0.692. The van der Waals surface area contributed by atoms with E-state index in [9.17, 15) is 0 Å².